The lowest BCUT2D eigenvalue weighted by atomic mass is 10.2. The molecule has 17 heavy (non-hydrogen) atoms. The van der Waals surface area contributed by atoms with Crippen LogP contribution in [0, 0.1) is 0 Å². The molecule has 0 spiro atoms. The normalized spacial score (nSPS) is 16.4. The Morgan fingerprint density at radius 3 is 2.88 bits per heavy atom. The van der Waals surface area contributed by atoms with Crippen LogP contribution in [0.3, 0.4) is 0 Å². The van der Waals surface area contributed by atoms with Gasteiger partial charge in [0, 0.05) is 12.2 Å². The summed E-state index contributed by atoms with van der Waals surface area (Å²) < 4.78 is 0.753. The van der Waals surface area contributed by atoms with Crippen molar-refractivity contribution in [3.63, 3.8) is 0 Å². The molecule has 5 nitrogen and oxygen atoms in total. The lowest BCUT2D eigenvalue weighted by Crippen LogP contribution is -2.38. The number of carbonyl (C=O) groups is 1. The molecule has 4 N–H and O–H groups in total. The van der Waals surface area contributed by atoms with Gasteiger partial charge in [0.2, 0.25) is 5.91 Å². The quantitative estimate of drug-likeness (QED) is 0.787. The van der Waals surface area contributed by atoms with Gasteiger partial charge in [0.15, 0.2) is 0 Å². The molecule has 1 amide bonds. The summed E-state index contributed by atoms with van der Waals surface area (Å²) in [5.41, 5.74) is 7.02. The van der Waals surface area contributed by atoms with E-state index >= 15 is 0 Å². The molecule has 1 unspecified atom stereocenters. The van der Waals surface area contributed by atoms with Crippen LogP contribution >= 0.6 is 15.9 Å². The van der Waals surface area contributed by atoms with Crippen molar-refractivity contribution in [1.82, 2.24) is 10.3 Å². The Morgan fingerprint density at radius 2 is 2.29 bits per heavy atom. The molecule has 2 rings (SSSR count). The van der Waals surface area contributed by atoms with E-state index in [0.29, 0.717) is 17.4 Å². The third kappa shape index (κ3) is 3.09. The smallest absolute Gasteiger partial charge is 0.242 e. The molecule has 1 heterocycles. The van der Waals surface area contributed by atoms with E-state index < -0.39 is 0 Å². The Balaban J connectivity index is 2.01. The molecular weight excluding hydrogens is 284 g/mol. The topological polar surface area (TPSA) is 80.0 Å². The highest BCUT2D eigenvalue weighted by Gasteiger charge is 2.25. The van der Waals surface area contributed by atoms with Crippen molar-refractivity contribution in [3.8, 4) is 0 Å². The van der Waals surface area contributed by atoms with Crippen molar-refractivity contribution in [2.75, 3.05) is 11.1 Å². The summed E-state index contributed by atoms with van der Waals surface area (Å²) in [6.45, 7) is 1.81. The Kier molecular flexibility index (Phi) is 3.51. The van der Waals surface area contributed by atoms with Crippen LogP contribution in [0.1, 0.15) is 19.8 Å². The number of halogens is 1. The fourth-order valence-electron chi connectivity index (χ4n) is 1.44. The molecule has 1 aliphatic rings. The maximum Gasteiger partial charge on any atom is 0.242 e. The predicted molar refractivity (Wildman–Crippen MR) is 70.6 cm³/mol. The minimum Gasteiger partial charge on any atom is -0.396 e. The van der Waals surface area contributed by atoms with Crippen molar-refractivity contribution in [2.45, 2.75) is 31.8 Å². The number of anilines is 2. The first-order valence-electron chi connectivity index (χ1n) is 5.54. The molecule has 1 atom stereocenters. The monoisotopic (exact) mass is 298 g/mol. The molecule has 6 heteroatoms. The number of nitrogens with two attached hydrogens (primary N) is 1. The summed E-state index contributed by atoms with van der Waals surface area (Å²) >= 11 is 3.35. The van der Waals surface area contributed by atoms with Crippen LogP contribution in [0.15, 0.2) is 16.9 Å². The fourth-order valence-corrected chi connectivity index (χ4v) is 1.90. The van der Waals surface area contributed by atoms with Gasteiger partial charge in [0.25, 0.3) is 0 Å². The first-order valence-corrected chi connectivity index (χ1v) is 6.33. The van der Waals surface area contributed by atoms with Gasteiger partial charge in [-0.05, 0) is 35.7 Å². The summed E-state index contributed by atoms with van der Waals surface area (Å²) in [6.07, 6.45) is 5.36. The van der Waals surface area contributed by atoms with Crippen LogP contribution in [0.4, 0.5) is 11.4 Å². The van der Waals surface area contributed by atoms with Crippen LogP contribution in [0.25, 0.3) is 0 Å². The van der Waals surface area contributed by atoms with Gasteiger partial charge < -0.3 is 16.4 Å². The molecule has 92 valence electrons. The van der Waals surface area contributed by atoms with Gasteiger partial charge in [0.1, 0.15) is 6.04 Å². The standard InChI is InChI=1S/C11H15BrN4O/c1-6(11(17)16-7-2-3-7)15-10-8(12)4-14-5-9(10)13/h4-7H,2-3,13H2,1H3,(H,14,15)(H,16,17). The summed E-state index contributed by atoms with van der Waals surface area (Å²) in [5, 5.41) is 6.03. The zero-order valence-corrected chi connectivity index (χ0v) is 11.1. The summed E-state index contributed by atoms with van der Waals surface area (Å²) in [6, 6.07) is 0.0431. The molecule has 1 saturated carbocycles. The van der Waals surface area contributed by atoms with Gasteiger partial charge >= 0.3 is 0 Å². The van der Waals surface area contributed by atoms with Crippen molar-refractivity contribution in [3.05, 3.63) is 16.9 Å². The highest BCUT2D eigenvalue weighted by atomic mass is 79.9. The molecule has 1 aromatic rings. The lowest BCUT2D eigenvalue weighted by molar-refractivity contribution is -0.121. The van der Waals surface area contributed by atoms with Crippen LogP contribution in [-0.4, -0.2) is 23.0 Å². The van der Waals surface area contributed by atoms with E-state index in [1.807, 2.05) is 6.92 Å². The first kappa shape index (κ1) is 12.2. The third-order valence-electron chi connectivity index (χ3n) is 2.61. The van der Waals surface area contributed by atoms with Crippen molar-refractivity contribution >= 4 is 33.2 Å². The number of nitrogen functional groups attached to an aromatic ring is 1. The number of rotatable bonds is 4. The molecule has 0 bridgehead atoms. The molecule has 1 aliphatic carbocycles. The van der Waals surface area contributed by atoms with Gasteiger partial charge in [-0.1, -0.05) is 0 Å². The number of nitrogens with zero attached hydrogens (tertiary/aromatic N) is 1. The largest absolute Gasteiger partial charge is 0.396 e. The van der Waals surface area contributed by atoms with Crippen LogP contribution in [0.2, 0.25) is 0 Å². The van der Waals surface area contributed by atoms with E-state index in [1.165, 1.54) is 0 Å². The zero-order chi connectivity index (χ0) is 12.4. The fraction of sp³-hybridized carbons (Fsp3) is 0.455. The summed E-state index contributed by atoms with van der Waals surface area (Å²) in [4.78, 5) is 15.7. The number of carbonyl (C=O) groups excluding carboxylic acids is 1. The second-order valence-corrected chi connectivity index (χ2v) is 5.09. The van der Waals surface area contributed by atoms with Gasteiger partial charge in [-0.3, -0.25) is 9.78 Å². The number of aromatic nitrogens is 1. The summed E-state index contributed by atoms with van der Waals surface area (Å²) in [7, 11) is 0. The van der Waals surface area contributed by atoms with Crippen LogP contribution in [0.5, 0.6) is 0 Å². The second kappa shape index (κ2) is 4.91. The number of pyridine rings is 1. The number of hydrogen-bond acceptors (Lipinski definition) is 4. The highest BCUT2D eigenvalue weighted by Crippen LogP contribution is 2.27. The Hall–Kier alpha value is -1.30. The zero-order valence-electron chi connectivity index (χ0n) is 9.53. The summed E-state index contributed by atoms with van der Waals surface area (Å²) in [5.74, 6) is -0.00406. The molecular formula is C11H15BrN4O. The maximum atomic E-state index is 11.8. The molecule has 1 aromatic heterocycles. The van der Waals surface area contributed by atoms with Gasteiger partial charge in [-0.15, -0.1) is 0 Å². The average molecular weight is 299 g/mol. The van der Waals surface area contributed by atoms with Gasteiger partial charge in [0.05, 0.1) is 22.0 Å². The predicted octanol–water partition coefficient (Wildman–Crippen LogP) is 1.51. The number of nitrogens with one attached hydrogen (secondary N) is 2. The lowest BCUT2D eigenvalue weighted by Gasteiger charge is -2.17. The minimum absolute atomic E-state index is 0.00406. The van der Waals surface area contributed by atoms with E-state index in [2.05, 4.69) is 31.5 Å². The average Bonchev–Trinajstić information content (AvgIpc) is 3.07. The molecule has 1 fully saturated rings. The van der Waals surface area contributed by atoms with E-state index in [9.17, 15) is 4.79 Å². The van der Waals surface area contributed by atoms with Crippen LogP contribution in [-0.2, 0) is 4.79 Å². The number of hydrogen-bond donors (Lipinski definition) is 3. The van der Waals surface area contributed by atoms with Gasteiger partial charge in [-0.25, -0.2) is 0 Å². The maximum absolute atomic E-state index is 11.8. The second-order valence-electron chi connectivity index (χ2n) is 4.23. The van der Waals surface area contributed by atoms with E-state index in [4.69, 9.17) is 5.73 Å². The Bertz CT molecular complexity index is 413. The molecule has 0 saturated heterocycles. The Labute approximate surface area is 108 Å². The van der Waals surface area contributed by atoms with Crippen molar-refractivity contribution in [1.29, 1.82) is 0 Å². The highest BCUT2D eigenvalue weighted by molar-refractivity contribution is 9.10. The van der Waals surface area contributed by atoms with Gasteiger partial charge in [-0.2, -0.15) is 0 Å². The minimum atomic E-state index is -0.323. The molecule has 0 radical (unpaired) electrons. The van der Waals surface area contributed by atoms with Crippen molar-refractivity contribution < 1.29 is 4.79 Å². The molecule has 0 aliphatic heterocycles. The van der Waals surface area contributed by atoms with Crippen molar-refractivity contribution in [2.24, 2.45) is 0 Å². The van der Waals surface area contributed by atoms with E-state index in [0.717, 1.165) is 17.3 Å². The third-order valence-corrected chi connectivity index (χ3v) is 3.21. The van der Waals surface area contributed by atoms with E-state index in [1.54, 1.807) is 12.4 Å². The van der Waals surface area contributed by atoms with E-state index in [-0.39, 0.29) is 11.9 Å². The molecule has 0 aromatic carbocycles. The first-order chi connectivity index (χ1) is 8.08. The van der Waals surface area contributed by atoms with Crippen LogP contribution < -0.4 is 16.4 Å². The SMILES string of the molecule is CC(Nc1c(N)cncc1Br)C(=O)NC1CC1. The number of amides is 1. The Morgan fingerprint density at radius 1 is 1.59 bits per heavy atom.